The van der Waals surface area contributed by atoms with Gasteiger partial charge in [0.05, 0.1) is 5.41 Å². The predicted octanol–water partition coefficient (Wildman–Crippen LogP) is 3.31. The minimum Gasteiger partial charge on any atom is -0.454 e. The Balaban J connectivity index is 1.62. The van der Waals surface area contributed by atoms with Crippen LogP contribution in [0.15, 0.2) is 40.9 Å². The first-order chi connectivity index (χ1) is 11.6. The molecular weight excluding hydrogens is 372 g/mol. The average molecular weight is 389 g/mol. The molecule has 1 heterocycles. The monoisotopic (exact) mass is 388 g/mol. The summed E-state index contributed by atoms with van der Waals surface area (Å²) in [7, 11) is 0. The van der Waals surface area contributed by atoms with Gasteiger partial charge in [0.25, 0.3) is 0 Å². The van der Waals surface area contributed by atoms with Gasteiger partial charge in [-0.15, -0.1) is 0 Å². The Hall–Kier alpha value is -2.05. The number of rotatable bonds is 4. The van der Waals surface area contributed by atoms with Gasteiger partial charge in [-0.05, 0) is 42.7 Å². The molecule has 2 aromatic carbocycles. The smallest absolute Gasteiger partial charge is 0.235 e. The highest BCUT2D eigenvalue weighted by Gasteiger charge is 2.51. The third kappa shape index (κ3) is 2.46. The molecule has 1 aliphatic carbocycles. The molecule has 0 spiro atoms. The van der Waals surface area contributed by atoms with Gasteiger partial charge in [-0.25, -0.2) is 0 Å². The molecule has 0 radical (unpaired) electrons. The van der Waals surface area contributed by atoms with E-state index in [1.807, 2.05) is 36.4 Å². The first-order valence-electron chi connectivity index (χ1n) is 7.83. The first kappa shape index (κ1) is 15.5. The maximum Gasteiger partial charge on any atom is 0.235 e. The molecule has 4 rings (SSSR count). The maximum atomic E-state index is 12.9. The van der Waals surface area contributed by atoms with Crippen LogP contribution in [0.4, 0.5) is 5.69 Å². The second kappa shape index (κ2) is 5.79. The van der Waals surface area contributed by atoms with Gasteiger partial charge in [-0.2, -0.15) is 0 Å². The molecule has 0 saturated heterocycles. The second-order valence-corrected chi connectivity index (χ2v) is 6.93. The Labute approximate surface area is 148 Å². The lowest BCUT2D eigenvalue weighted by Gasteiger charge is -2.18. The van der Waals surface area contributed by atoms with E-state index < -0.39 is 5.41 Å². The molecule has 1 saturated carbocycles. The first-order valence-corrected chi connectivity index (χ1v) is 8.62. The van der Waals surface area contributed by atoms with E-state index >= 15 is 0 Å². The van der Waals surface area contributed by atoms with Crippen LogP contribution in [-0.4, -0.2) is 12.7 Å². The summed E-state index contributed by atoms with van der Waals surface area (Å²) in [6, 6.07) is 11.4. The van der Waals surface area contributed by atoms with Gasteiger partial charge in [0, 0.05) is 22.3 Å². The van der Waals surface area contributed by atoms with Crippen LogP contribution in [-0.2, 0) is 16.8 Å². The molecule has 0 bridgehead atoms. The van der Waals surface area contributed by atoms with Crippen molar-refractivity contribution in [3.63, 3.8) is 0 Å². The molecule has 0 unspecified atom stereocenters. The largest absolute Gasteiger partial charge is 0.454 e. The number of nitrogens with two attached hydrogens (primary N) is 1. The van der Waals surface area contributed by atoms with Crippen LogP contribution < -0.4 is 20.5 Å². The van der Waals surface area contributed by atoms with E-state index in [0.717, 1.165) is 39.9 Å². The number of anilines is 1. The van der Waals surface area contributed by atoms with Crippen molar-refractivity contribution in [1.82, 2.24) is 0 Å². The van der Waals surface area contributed by atoms with Crippen molar-refractivity contribution < 1.29 is 14.3 Å². The lowest BCUT2D eigenvalue weighted by Crippen LogP contribution is -2.28. The van der Waals surface area contributed by atoms with Gasteiger partial charge in [0.15, 0.2) is 11.5 Å². The lowest BCUT2D eigenvalue weighted by atomic mass is 9.94. The summed E-state index contributed by atoms with van der Waals surface area (Å²) >= 11 is 3.48. The quantitative estimate of drug-likeness (QED) is 0.842. The highest BCUT2D eigenvalue weighted by molar-refractivity contribution is 9.10. The van der Waals surface area contributed by atoms with Crippen LogP contribution in [0.5, 0.6) is 11.5 Å². The number of amides is 1. The van der Waals surface area contributed by atoms with Crippen molar-refractivity contribution in [2.75, 3.05) is 12.1 Å². The summed E-state index contributed by atoms with van der Waals surface area (Å²) in [5.74, 6) is 1.43. The van der Waals surface area contributed by atoms with Crippen molar-refractivity contribution in [2.45, 2.75) is 24.8 Å². The lowest BCUT2D eigenvalue weighted by molar-refractivity contribution is -0.118. The van der Waals surface area contributed by atoms with Gasteiger partial charge in [0.1, 0.15) is 0 Å². The molecule has 0 atom stereocenters. The van der Waals surface area contributed by atoms with Crippen LogP contribution in [0.25, 0.3) is 0 Å². The maximum absolute atomic E-state index is 12.9. The number of halogens is 1. The third-order valence-electron chi connectivity index (χ3n) is 4.68. The van der Waals surface area contributed by atoms with Crippen molar-refractivity contribution in [2.24, 2.45) is 5.73 Å². The fourth-order valence-corrected chi connectivity index (χ4v) is 3.62. The van der Waals surface area contributed by atoms with E-state index in [9.17, 15) is 4.79 Å². The standard InChI is InChI=1S/C18H17BrN2O3/c19-13-2-1-3-14(12(13)9-20)21-17(22)18(6-7-18)11-4-5-15-16(8-11)24-10-23-15/h1-5,8H,6-7,9-10,20H2,(H,21,22). The van der Waals surface area contributed by atoms with Gasteiger partial charge < -0.3 is 20.5 Å². The number of hydrogen-bond donors (Lipinski definition) is 2. The highest BCUT2D eigenvalue weighted by atomic mass is 79.9. The Morgan fingerprint density at radius 3 is 2.75 bits per heavy atom. The number of hydrogen-bond acceptors (Lipinski definition) is 4. The minimum atomic E-state index is -0.491. The van der Waals surface area contributed by atoms with Crippen LogP contribution in [0.1, 0.15) is 24.0 Å². The van der Waals surface area contributed by atoms with E-state index in [0.29, 0.717) is 12.3 Å². The van der Waals surface area contributed by atoms with Crippen LogP contribution in [0.2, 0.25) is 0 Å². The molecule has 2 aromatic rings. The number of nitrogens with one attached hydrogen (secondary N) is 1. The van der Waals surface area contributed by atoms with Crippen LogP contribution in [0, 0.1) is 0 Å². The Morgan fingerprint density at radius 2 is 2.00 bits per heavy atom. The number of benzene rings is 2. The van der Waals surface area contributed by atoms with Crippen molar-refractivity contribution >= 4 is 27.5 Å². The second-order valence-electron chi connectivity index (χ2n) is 6.07. The molecule has 24 heavy (non-hydrogen) atoms. The molecule has 124 valence electrons. The predicted molar refractivity (Wildman–Crippen MR) is 94.1 cm³/mol. The summed E-state index contributed by atoms with van der Waals surface area (Å²) in [4.78, 5) is 12.9. The summed E-state index contributed by atoms with van der Waals surface area (Å²) in [5.41, 5.74) is 7.94. The summed E-state index contributed by atoms with van der Waals surface area (Å²) < 4.78 is 11.7. The third-order valence-corrected chi connectivity index (χ3v) is 5.42. The van der Waals surface area contributed by atoms with E-state index in [1.54, 1.807) is 0 Å². The minimum absolute atomic E-state index is 0.00540. The molecule has 1 aliphatic heterocycles. The summed E-state index contributed by atoms with van der Waals surface area (Å²) in [6.07, 6.45) is 1.65. The van der Waals surface area contributed by atoms with E-state index in [2.05, 4.69) is 21.2 Å². The fraction of sp³-hybridized carbons (Fsp3) is 0.278. The van der Waals surface area contributed by atoms with Crippen LogP contribution in [0.3, 0.4) is 0 Å². The van der Waals surface area contributed by atoms with Crippen molar-refractivity contribution in [1.29, 1.82) is 0 Å². The Bertz CT molecular complexity index is 818. The average Bonchev–Trinajstić information content (AvgIpc) is 3.26. The zero-order valence-electron chi connectivity index (χ0n) is 13.0. The molecule has 0 aromatic heterocycles. The zero-order valence-corrected chi connectivity index (χ0v) is 14.6. The highest BCUT2D eigenvalue weighted by Crippen LogP contribution is 2.51. The number of carbonyl (C=O) groups excluding carboxylic acids is 1. The molecular formula is C18H17BrN2O3. The SMILES string of the molecule is NCc1c(Br)cccc1NC(=O)C1(c2ccc3c(c2)OCO3)CC1. The molecule has 5 nitrogen and oxygen atoms in total. The molecule has 3 N–H and O–H groups in total. The molecule has 1 fully saturated rings. The Morgan fingerprint density at radius 1 is 1.21 bits per heavy atom. The van der Waals surface area contributed by atoms with Gasteiger partial charge >= 0.3 is 0 Å². The van der Waals surface area contributed by atoms with Gasteiger partial charge in [-0.3, -0.25) is 4.79 Å². The Kier molecular flexibility index (Phi) is 3.73. The van der Waals surface area contributed by atoms with Crippen LogP contribution >= 0.6 is 15.9 Å². The molecule has 6 heteroatoms. The van der Waals surface area contributed by atoms with Gasteiger partial charge in [0.2, 0.25) is 12.7 Å². The zero-order chi connectivity index (χ0) is 16.7. The number of carbonyl (C=O) groups is 1. The van der Waals surface area contributed by atoms with E-state index in [1.165, 1.54) is 0 Å². The van der Waals surface area contributed by atoms with Gasteiger partial charge in [-0.1, -0.05) is 28.1 Å². The van der Waals surface area contributed by atoms with E-state index in [4.69, 9.17) is 15.2 Å². The molecule has 2 aliphatic rings. The fourth-order valence-electron chi connectivity index (χ4n) is 3.09. The van der Waals surface area contributed by atoms with Crippen molar-refractivity contribution in [3.8, 4) is 11.5 Å². The molecule has 1 amide bonds. The normalized spacial score (nSPS) is 16.8. The van der Waals surface area contributed by atoms with Crippen molar-refractivity contribution in [3.05, 3.63) is 52.0 Å². The number of fused-ring (bicyclic) bond motifs is 1. The summed E-state index contributed by atoms with van der Waals surface area (Å²) in [6.45, 7) is 0.587. The summed E-state index contributed by atoms with van der Waals surface area (Å²) in [5, 5.41) is 3.05. The number of ether oxygens (including phenoxy) is 2. The topological polar surface area (TPSA) is 73.6 Å². The van der Waals surface area contributed by atoms with E-state index in [-0.39, 0.29) is 12.7 Å².